The van der Waals surface area contributed by atoms with E-state index in [2.05, 4.69) is 10.0 Å². The highest BCUT2D eigenvalue weighted by molar-refractivity contribution is 7.89. The van der Waals surface area contributed by atoms with Gasteiger partial charge in [0.1, 0.15) is 0 Å². The number of nitriles is 1. The molecule has 1 fully saturated rings. The molecule has 0 amide bonds. The summed E-state index contributed by atoms with van der Waals surface area (Å²) in [6, 6.07) is 6.55. The Kier molecular flexibility index (Phi) is 5.96. The van der Waals surface area contributed by atoms with E-state index in [4.69, 9.17) is 5.26 Å². The van der Waals surface area contributed by atoms with E-state index in [0.717, 1.165) is 19.4 Å². The Morgan fingerprint density at radius 1 is 1.45 bits per heavy atom. The molecule has 2 rings (SSSR count). The molecule has 0 aromatic heterocycles. The van der Waals surface area contributed by atoms with Crippen molar-refractivity contribution in [2.75, 3.05) is 13.1 Å². The van der Waals surface area contributed by atoms with Crippen LogP contribution in [0.25, 0.3) is 0 Å². The van der Waals surface area contributed by atoms with Crippen LogP contribution in [0.1, 0.15) is 24.0 Å². The molecule has 0 spiro atoms. The minimum Gasteiger partial charge on any atom is -0.315 e. The van der Waals surface area contributed by atoms with Crippen molar-refractivity contribution in [3.8, 4) is 6.07 Å². The lowest BCUT2D eigenvalue weighted by Gasteiger charge is -2.24. The molecule has 1 heterocycles. The average Bonchev–Trinajstić information content (AvgIpc) is 2.38. The minimum atomic E-state index is -3.51. The van der Waals surface area contributed by atoms with Crippen molar-refractivity contribution in [1.29, 1.82) is 5.26 Å². The number of halogens is 1. The van der Waals surface area contributed by atoms with Crippen LogP contribution in [0.15, 0.2) is 23.1 Å². The van der Waals surface area contributed by atoms with Crippen molar-refractivity contribution in [2.24, 2.45) is 0 Å². The monoisotopic (exact) mass is 315 g/mol. The predicted octanol–water partition coefficient (Wildman–Crippen LogP) is 1.32. The third kappa shape index (κ3) is 3.93. The van der Waals surface area contributed by atoms with Gasteiger partial charge in [0, 0.05) is 12.6 Å². The Morgan fingerprint density at radius 2 is 2.20 bits per heavy atom. The summed E-state index contributed by atoms with van der Waals surface area (Å²) in [5.41, 5.74) is 1.06. The normalized spacial score (nSPS) is 18.9. The van der Waals surface area contributed by atoms with Crippen LogP contribution >= 0.6 is 12.4 Å². The smallest absolute Gasteiger partial charge is 0.241 e. The van der Waals surface area contributed by atoms with Crippen LogP contribution < -0.4 is 10.0 Å². The third-order valence-corrected chi connectivity index (χ3v) is 4.89. The zero-order valence-electron chi connectivity index (χ0n) is 11.2. The van der Waals surface area contributed by atoms with Crippen molar-refractivity contribution in [3.63, 3.8) is 0 Å². The maximum Gasteiger partial charge on any atom is 0.241 e. The second kappa shape index (κ2) is 7.04. The van der Waals surface area contributed by atoms with E-state index in [1.54, 1.807) is 13.0 Å². The zero-order valence-corrected chi connectivity index (χ0v) is 12.9. The van der Waals surface area contributed by atoms with Gasteiger partial charge < -0.3 is 5.32 Å². The molecule has 1 unspecified atom stereocenters. The second-order valence-electron chi connectivity index (χ2n) is 4.76. The fourth-order valence-corrected chi connectivity index (χ4v) is 3.75. The van der Waals surface area contributed by atoms with Gasteiger partial charge >= 0.3 is 0 Å². The van der Waals surface area contributed by atoms with Crippen LogP contribution in [-0.2, 0) is 10.0 Å². The molecule has 1 aliphatic heterocycles. The standard InChI is InChI=1S/C13H17N3O2S.ClH/c1-10-7-11(8-14)4-5-13(10)19(17,18)16-12-3-2-6-15-9-12;/h4-5,7,12,15-16H,2-3,6,9H2,1H3;1H. The SMILES string of the molecule is Cc1cc(C#N)ccc1S(=O)(=O)NC1CCCNC1.Cl. The minimum absolute atomic E-state index is 0. The first kappa shape index (κ1) is 16.9. The molecular weight excluding hydrogens is 298 g/mol. The van der Waals surface area contributed by atoms with Gasteiger partial charge in [0.25, 0.3) is 0 Å². The Bertz CT molecular complexity index is 605. The molecule has 0 saturated carbocycles. The Hall–Kier alpha value is -1.13. The molecule has 1 aliphatic rings. The summed E-state index contributed by atoms with van der Waals surface area (Å²) in [6.45, 7) is 3.30. The van der Waals surface area contributed by atoms with Gasteiger partial charge in [0.05, 0.1) is 16.5 Å². The molecule has 0 aliphatic carbocycles. The fraction of sp³-hybridized carbons (Fsp3) is 0.462. The lowest BCUT2D eigenvalue weighted by Crippen LogP contribution is -2.45. The molecule has 1 atom stereocenters. The van der Waals surface area contributed by atoms with Crippen LogP contribution in [0.5, 0.6) is 0 Å². The molecular formula is C13H18ClN3O2S. The number of sulfonamides is 1. The largest absolute Gasteiger partial charge is 0.315 e. The average molecular weight is 316 g/mol. The Labute approximate surface area is 125 Å². The van der Waals surface area contributed by atoms with Crippen LogP contribution in [-0.4, -0.2) is 27.5 Å². The van der Waals surface area contributed by atoms with E-state index in [9.17, 15) is 8.42 Å². The maximum absolute atomic E-state index is 12.3. The lowest BCUT2D eigenvalue weighted by atomic mass is 10.1. The van der Waals surface area contributed by atoms with Crippen molar-refractivity contribution < 1.29 is 8.42 Å². The molecule has 1 saturated heterocycles. The highest BCUT2D eigenvalue weighted by Crippen LogP contribution is 2.17. The molecule has 20 heavy (non-hydrogen) atoms. The van der Waals surface area contributed by atoms with Gasteiger partial charge in [-0.1, -0.05) is 0 Å². The number of rotatable bonds is 3. The first-order chi connectivity index (χ1) is 9.03. The number of piperidine rings is 1. The molecule has 0 radical (unpaired) electrons. The van der Waals surface area contributed by atoms with Gasteiger partial charge in [-0.05, 0) is 50.1 Å². The highest BCUT2D eigenvalue weighted by atomic mass is 35.5. The number of benzene rings is 1. The second-order valence-corrected chi connectivity index (χ2v) is 6.44. The van der Waals surface area contributed by atoms with Gasteiger partial charge in [0.15, 0.2) is 0 Å². The van der Waals surface area contributed by atoms with Crippen LogP contribution in [0.3, 0.4) is 0 Å². The van der Waals surface area contributed by atoms with Gasteiger partial charge in [-0.15, -0.1) is 12.4 Å². The number of nitrogens with one attached hydrogen (secondary N) is 2. The van der Waals surface area contributed by atoms with Gasteiger partial charge in [0.2, 0.25) is 10.0 Å². The van der Waals surface area contributed by atoms with E-state index < -0.39 is 10.0 Å². The van der Waals surface area contributed by atoms with Gasteiger partial charge in [-0.3, -0.25) is 0 Å². The summed E-state index contributed by atoms with van der Waals surface area (Å²) in [5.74, 6) is 0. The Morgan fingerprint density at radius 3 is 2.75 bits per heavy atom. The maximum atomic E-state index is 12.3. The van der Waals surface area contributed by atoms with E-state index in [-0.39, 0.29) is 23.3 Å². The lowest BCUT2D eigenvalue weighted by molar-refractivity contribution is 0.428. The van der Waals surface area contributed by atoms with Crippen LogP contribution in [0.2, 0.25) is 0 Å². The number of hydrogen-bond donors (Lipinski definition) is 2. The van der Waals surface area contributed by atoms with Crippen molar-refractivity contribution >= 4 is 22.4 Å². The highest BCUT2D eigenvalue weighted by Gasteiger charge is 2.23. The quantitative estimate of drug-likeness (QED) is 0.881. The fourth-order valence-electron chi connectivity index (χ4n) is 2.26. The molecule has 2 N–H and O–H groups in total. The molecule has 110 valence electrons. The summed E-state index contributed by atoms with van der Waals surface area (Å²) in [5, 5.41) is 12.0. The summed E-state index contributed by atoms with van der Waals surface area (Å²) in [6.07, 6.45) is 1.82. The first-order valence-electron chi connectivity index (χ1n) is 6.27. The summed E-state index contributed by atoms with van der Waals surface area (Å²) in [4.78, 5) is 0.247. The van der Waals surface area contributed by atoms with Crippen molar-refractivity contribution in [2.45, 2.75) is 30.7 Å². The van der Waals surface area contributed by atoms with Crippen LogP contribution in [0.4, 0.5) is 0 Å². The number of nitrogens with zero attached hydrogens (tertiary/aromatic N) is 1. The van der Waals surface area contributed by atoms with Crippen LogP contribution in [0, 0.1) is 18.3 Å². The van der Waals surface area contributed by atoms with E-state index >= 15 is 0 Å². The number of hydrogen-bond acceptors (Lipinski definition) is 4. The topological polar surface area (TPSA) is 82.0 Å². The van der Waals surface area contributed by atoms with Gasteiger partial charge in [-0.25, -0.2) is 13.1 Å². The molecule has 1 aromatic carbocycles. The van der Waals surface area contributed by atoms with E-state index in [0.29, 0.717) is 17.7 Å². The van der Waals surface area contributed by atoms with E-state index in [1.165, 1.54) is 12.1 Å². The summed E-state index contributed by atoms with van der Waals surface area (Å²) in [7, 11) is -3.51. The van der Waals surface area contributed by atoms with Crippen molar-refractivity contribution in [3.05, 3.63) is 29.3 Å². The molecule has 5 nitrogen and oxygen atoms in total. The number of aryl methyl sites for hydroxylation is 1. The molecule has 0 bridgehead atoms. The van der Waals surface area contributed by atoms with Gasteiger partial charge in [-0.2, -0.15) is 5.26 Å². The van der Waals surface area contributed by atoms with Crippen molar-refractivity contribution in [1.82, 2.24) is 10.0 Å². The molecule has 7 heteroatoms. The van der Waals surface area contributed by atoms with E-state index in [1.807, 2.05) is 6.07 Å². The summed E-state index contributed by atoms with van der Waals surface area (Å²) < 4.78 is 27.3. The summed E-state index contributed by atoms with van der Waals surface area (Å²) >= 11 is 0. The first-order valence-corrected chi connectivity index (χ1v) is 7.75. The predicted molar refractivity (Wildman–Crippen MR) is 79.4 cm³/mol. The molecule has 1 aromatic rings. The third-order valence-electron chi connectivity index (χ3n) is 3.21. The zero-order chi connectivity index (χ0) is 13.9. The Balaban J connectivity index is 0.00000200.